The van der Waals surface area contributed by atoms with Gasteiger partial charge in [0.2, 0.25) is 5.91 Å². The highest BCUT2D eigenvalue weighted by Gasteiger charge is 2.33. The number of aromatic nitrogens is 3. The molecule has 1 aliphatic rings. The van der Waals surface area contributed by atoms with E-state index >= 15 is 0 Å². The summed E-state index contributed by atoms with van der Waals surface area (Å²) in [7, 11) is 0. The lowest BCUT2D eigenvalue weighted by atomic mass is 10.1. The van der Waals surface area contributed by atoms with Gasteiger partial charge in [-0.1, -0.05) is 19.9 Å². The van der Waals surface area contributed by atoms with Crippen molar-refractivity contribution in [1.82, 2.24) is 14.8 Å². The first-order valence-electron chi connectivity index (χ1n) is 10.1. The lowest BCUT2D eigenvalue weighted by Gasteiger charge is -2.14. The van der Waals surface area contributed by atoms with E-state index in [1.165, 1.54) is 19.1 Å². The normalized spacial score (nSPS) is 14.4. The number of carbonyl (C=O) groups is 1. The Morgan fingerprint density at radius 1 is 1.21 bits per heavy atom. The molecule has 29 heavy (non-hydrogen) atoms. The predicted molar refractivity (Wildman–Crippen MR) is 105 cm³/mol. The van der Waals surface area contributed by atoms with Gasteiger partial charge in [0.15, 0.2) is 0 Å². The predicted octanol–water partition coefficient (Wildman–Crippen LogP) is 5.10. The zero-order valence-corrected chi connectivity index (χ0v) is 17.0. The molecule has 1 aliphatic carbocycles. The van der Waals surface area contributed by atoms with Crippen molar-refractivity contribution in [3.05, 3.63) is 41.0 Å². The van der Waals surface area contributed by atoms with E-state index in [-0.39, 0.29) is 23.6 Å². The lowest BCUT2D eigenvalue weighted by molar-refractivity contribution is -0.138. The maximum absolute atomic E-state index is 13.0. The van der Waals surface area contributed by atoms with E-state index in [4.69, 9.17) is 0 Å². The van der Waals surface area contributed by atoms with Crippen LogP contribution in [0.4, 0.5) is 18.9 Å². The topological polar surface area (TPSA) is 59.8 Å². The molecular weight excluding hydrogens is 381 g/mol. The van der Waals surface area contributed by atoms with Crippen LogP contribution in [0.5, 0.6) is 0 Å². The zero-order valence-electron chi connectivity index (χ0n) is 17.0. The highest BCUT2D eigenvalue weighted by molar-refractivity contribution is 5.91. The molecule has 1 heterocycles. The van der Waals surface area contributed by atoms with Crippen LogP contribution in [0.25, 0.3) is 0 Å². The van der Waals surface area contributed by atoms with Crippen molar-refractivity contribution >= 4 is 11.6 Å². The summed E-state index contributed by atoms with van der Waals surface area (Å²) in [4.78, 5) is 12.4. The largest absolute Gasteiger partial charge is 0.416 e. The van der Waals surface area contributed by atoms with Gasteiger partial charge in [0.25, 0.3) is 0 Å². The number of hydrogen-bond acceptors (Lipinski definition) is 3. The van der Waals surface area contributed by atoms with Gasteiger partial charge in [-0.25, -0.2) is 0 Å². The van der Waals surface area contributed by atoms with E-state index in [2.05, 4.69) is 33.9 Å². The number of rotatable bonds is 8. The highest BCUT2D eigenvalue weighted by Crippen LogP contribution is 2.37. The summed E-state index contributed by atoms with van der Waals surface area (Å²) in [5, 5.41) is 11.2. The minimum atomic E-state index is -4.45. The van der Waals surface area contributed by atoms with Crippen LogP contribution in [-0.2, 0) is 23.8 Å². The fraction of sp³-hybridized carbons (Fsp3) is 0.571. The number of amides is 1. The SMILES string of the molecule is Cc1c(NC(=O)CCc2nnc(CCC(C)C)n2C2CC2)cccc1C(F)(F)F. The molecular formula is C21H27F3N4O. The van der Waals surface area contributed by atoms with Crippen LogP contribution in [0.3, 0.4) is 0 Å². The summed E-state index contributed by atoms with van der Waals surface area (Å²) in [6.45, 7) is 5.70. The Kier molecular flexibility index (Phi) is 6.29. The Morgan fingerprint density at radius 2 is 1.86 bits per heavy atom. The highest BCUT2D eigenvalue weighted by atomic mass is 19.4. The van der Waals surface area contributed by atoms with E-state index < -0.39 is 11.7 Å². The number of hydrogen-bond donors (Lipinski definition) is 1. The van der Waals surface area contributed by atoms with Crippen LogP contribution in [0.1, 0.15) is 68.3 Å². The Hall–Kier alpha value is -2.38. The van der Waals surface area contributed by atoms with Crippen LogP contribution < -0.4 is 5.32 Å². The third kappa shape index (κ3) is 5.36. The van der Waals surface area contributed by atoms with Gasteiger partial charge in [0.05, 0.1) is 5.56 Å². The number of halogens is 3. The quantitative estimate of drug-likeness (QED) is 0.661. The molecule has 5 nitrogen and oxygen atoms in total. The van der Waals surface area contributed by atoms with Crippen molar-refractivity contribution in [2.45, 2.75) is 71.5 Å². The molecule has 1 aromatic carbocycles. The first-order chi connectivity index (χ1) is 13.7. The second-order valence-corrected chi connectivity index (χ2v) is 8.09. The molecule has 0 saturated heterocycles. The Labute approximate surface area is 168 Å². The van der Waals surface area contributed by atoms with Gasteiger partial charge >= 0.3 is 6.18 Å². The summed E-state index contributed by atoms with van der Waals surface area (Å²) in [6, 6.07) is 4.22. The molecule has 0 atom stereocenters. The average molecular weight is 408 g/mol. The van der Waals surface area contributed by atoms with Gasteiger partial charge in [-0.05, 0) is 49.8 Å². The maximum Gasteiger partial charge on any atom is 0.416 e. The van der Waals surface area contributed by atoms with Crippen LogP contribution in [-0.4, -0.2) is 20.7 Å². The van der Waals surface area contributed by atoms with E-state index in [9.17, 15) is 18.0 Å². The molecule has 1 aromatic heterocycles. The average Bonchev–Trinajstić information content (AvgIpc) is 3.39. The van der Waals surface area contributed by atoms with Gasteiger partial charge in [-0.2, -0.15) is 13.2 Å². The van der Waals surface area contributed by atoms with E-state index in [1.807, 2.05) is 0 Å². The molecule has 0 bridgehead atoms. The van der Waals surface area contributed by atoms with Gasteiger partial charge in [0.1, 0.15) is 11.6 Å². The number of aryl methyl sites for hydroxylation is 2. The van der Waals surface area contributed by atoms with Crippen LogP contribution >= 0.6 is 0 Å². The lowest BCUT2D eigenvalue weighted by Crippen LogP contribution is -2.16. The fourth-order valence-corrected chi connectivity index (χ4v) is 3.39. The number of benzene rings is 1. The molecule has 3 rings (SSSR count). The van der Waals surface area contributed by atoms with E-state index in [0.717, 1.165) is 43.4 Å². The van der Waals surface area contributed by atoms with Crippen molar-refractivity contribution < 1.29 is 18.0 Å². The smallest absolute Gasteiger partial charge is 0.326 e. The van der Waals surface area contributed by atoms with Crippen LogP contribution in [0.15, 0.2) is 18.2 Å². The van der Waals surface area contributed by atoms with E-state index in [1.54, 1.807) is 0 Å². The second-order valence-electron chi connectivity index (χ2n) is 8.09. The van der Waals surface area contributed by atoms with Gasteiger partial charge in [-0.15, -0.1) is 10.2 Å². The molecule has 8 heteroatoms. The summed E-state index contributed by atoms with van der Waals surface area (Å²) in [5.41, 5.74) is -0.532. The number of nitrogens with one attached hydrogen (secondary N) is 1. The Bertz CT molecular complexity index is 869. The van der Waals surface area contributed by atoms with Crippen LogP contribution in [0, 0.1) is 12.8 Å². The monoisotopic (exact) mass is 408 g/mol. The third-order valence-corrected chi connectivity index (χ3v) is 5.18. The first kappa shape index (κ1) is 21.3. The molecule has 1 fully saturated rings. The molecule has 1 saturated carbocycles. The van der Waals surface area contributed by atoms with Crippen molar-refractivity contribution in [3.8, 4) is 0 Å². The van der Waals surface area contributed by atoms with E-state index in [0.29, 0.717) is 18.4 Å². The fourth-order valence-electron chi connectivity index (χ4n) is 3.39. The summed E-state index contributed by atoms with van der Waals surface area (Å²) < 4.78 is 41.3. The first-order valence-corrected chi connectivity index (χ1v) is 10.1. The molecule has 0 spiro atoms. The molecule has 0 aliphatic heterocycles. The van der Waals surface area contributed by atoms with Crippen molar-refractivity contribution in [1.29, 1.82) is 0 Å². The van der Waals surface area contributed by atoms with Crippen molar-refractivity contribution in [3.63, 3.8) is 0 Å². The number of anilines is 1. The maximum atomic E-state index is 13.0. The Balaban J connectivity index is 1.65. The molecule has 0 unspecified atom stereocenters. The summed E-state index contributed by atoms with van der Waals surface area (Å²) >= 11 is 0. The standard InChI is InChI=1S/C21H27F3N4O/c1-13(2)7-10-18-26-27-19(28(18)15-8-9-15)11-12-20(29)25-17-6-4-5-16(14(17)3)21(22,23)24/h4-6,13,15H,7-12H2,1-3H3,(H,25,29). The van der Waals surface area contributed by atoms with Crippen LogP contribution in [0.2, 0.25) is 0 Å². The number of nitrogens with zero attached hydrogens (tertiary/aromatic N) is 3. The van der Waals surface area contributed by atoms with Gasteiger partial charge < -0.3 is 9.88 Å². The second kappa shape index (κ2) is 8.55. The molecule has 1 N–H and O–H groups in total. The number of alkyl halides is 3. The number of carbonyl (C=O) groups excluding carboxylic acids is 1. The van der Waals surface area contributed by atoms with Gasteiger partial charge in [-0.3, -0.25) is 4.79 Å². The molecule has 0 radical (unpaired) electrons. The molecule has 2 aromatic rings. The minimum Gasteiger partial charge on any atom is -0.326 e. The van der Waals surface area contributed by atoms with Crippen molar-refractivity contribution in [2.75, 3.05) is 5.32 Å². The third-order valence-electron chi connectivity index (χ3n) is 5.18. The zero-order chi connectivity index (χ0) is 21.2. The summed E-state index contributed by atoms with van der Waals surface area (Å²) in [5.74, 6) is 1.98. The summed E-state index contributed by atoms with van der Waals surface area (Å²) in [6.07, 6.45) is 0.180. The minimum absolute atomic E-state index is 0.0190. The van der Waals surface area contributed by atoms with Gasteiger partial charge in [0, 0.05) is 31.0 Å². The molecule has 158 valence electrons. The molecule has 1 amide bonds. The van der Waals surface area contributed by atoms with Crippen molar-refractivity contribution in [2.24, 2.45) is 5.92 Å². The Morgan fingerprint density at radius 3 is 2.45 bits per heavy atom.